The van der Waals surface area contributed by atoms with Gasteiger partial charge in [0.25, 0.3) is 0 Å². The largest absolute Gasteiger partial charge is 0.303 e. The molecule has 0 bridgehead atoms. The number of nitrogens with zero attached hydrogens (tertiary/aromatic N) is 2. The van der Waals surface area contributed by atoms with E-state index in [1.54, 1.807) is 11.3 Å². The van der Waals surface area contributed by atoms with Gasteiger partial charge in [-0.05, 0) is 51.1 Å². The molecule has 1 aromatic heterocycles. The van der Waals surface area contributed by atoms with Crippen LogP contribution < -0.4 is 0 Å². The van der Waals surface area contributed by atoms with Gasteiger partial charge in [0, 0.05) is 16.8 Å². The first-order valence-corrected chi connectivity index (χ1v) is 8.79. The quantitative estimate of drug-likeness (QED) is 0.772. The number of aromatic nitrogens is 1. The number of likely N-dealkylation sites (tertiary alicyclic amines) is 1. The van der Waals surface area contributed by atoms with Crippen molar-refractivity contribution >= 4 is 44.9 Å². The zero-order valence-corrected chi connectivity index (χ0v) is 13.3. The lowest BCUT2D eigenvalue weighted by Gasteiger charge is -2.18. The smallest absolute Gasteiger partial charge is 0.151 e. The van der Waals surface area contributed by atoms with Gasteiger partial charge >= 0.3 is 0 Å². The fraction of sp³-hybridized carbons (Fsp3) is 0.500. The molecule has 2 nitrogen and oxygen atoms in total. The number of hydrogen-bond acceptors (Lipinski definition) is 4. The van der Waals surface area contributed by atoms with Crippen LogP contribution in [0.15, 0.2) is 22.5 Å². The van der Waals surface area contributed by atoms with E-state index >= 15 is 0 Å². The molecule has 0 radical (unpaired) electrons. The SMILES string of the molecule is CN1CCCC1CCSc1nc2cc(Cl)ccc2s1. The highest BCUT2D eigenvalue weighted by atomic mass is 35.5. The van der Waals surface area contributed by atoms with E-state index in [2.05, 4.69) is 23.0 Å². The Balaban J connectivity index is 1.59. The number of hydrogen-bond donors (Lipinski definition) is 0. The van der Waals surface area contributed by atoms with E-state index < -0.39 is 0 Å². The van der Waals surface area contributed by atoms with Crippen LogP contribution in [0.4, 0.5) is 0 Å². The molecule has 1 unspecified atom stereocenters. The van der Waals surface area contributed by atoms with E-state index in [0.29, 0.717) is 0 Å². The van der Waals surface area contributed by atoms with Crippen molar-refractivity contribution in [3.05, 3.63) is 23.2 Å². The van der Waals surface area contributed by atoms with Crippen LogP contribution in [0.1, 0.15) is 19.3 Å². The Kier molecular flexibility index (Phi) is 4.32. The number of thioether (sulfide) groups is 1. The van der Waals surface area contributed by atoms with Crippen LogP contribution in [-0.2, 0) is 0 Å². The Hall–Kier alpha value is -0.290. The Bertz CT molecular complexity index is 570. The first kappa shape index (κ1) is 13.7. The zero-order valence-electron chi connectivity index (χ0n) is 10.9. The van der Waals surface area contributed by atoms with Gasteiger partial charge in [0.05, 0.1) is 10.2 Å². The third-order valence-corrected chi connectivity index (χ3v) is 6.13. The van der Waals surface area contributed by atoms with Gasteiger partial charge in [-0.25, -0.2) is 4.98 Å². The minimum absolute atomic E-state index is 0.766. The van der Waals surface area contributed by atoms with E-state index in [0.717, 1.165) is 26.7 Å². The predicted molar refractivity (Wildman–Crippen MR) is 85.6 cm³/mol. The van der Waals surface area contributed by atoms with Gasteiger partial charge < -0.3 is 4.90 Å². The molecule has 1 aliphatic rings. The summed E-state index contributed by atoms with van der Waals surface area (Å²) in [5.74, 6) is 1.16. The molecular weight excluding hydrogens is 296 g/mol. The Morgan fingerprint density at radius 3 is 3.21 bits per heavy atom. The maximum Gasteiger partial charge on any atom is 0.151 e. The lowest BCUT2D eigenvalue weighted by molar-refractivity contribution is 0.305. The lowest BCUT2D eigenvalue weighted by atomic mass is 10.2. The number of thiazole rings is 1. The van der Waals surface area contributed by atoms with Crippen LogP contribution in [0.2, 0.25) is 5.02 Å². The zero-order chi connectivity index (χ0) is 13.2. The lowest BCUT2D eigenvalue weighted by Crippen LogP contribution is -2.25. The van der Waals surface area contributed by atoms with Crippen LogP contribution in [0.25, 0.3) is 10.2 Å². The predicted octanol–water partition coefficient (Wildman–Crippen LogP) is 4.53. The Morgan fingerprint density at radius 2 is 2.42 bits per heavy atom. The third kappa shape index (κ3) is 3.24. The fourth-order valence-electron chi connectivity index (χ4n) is 2.57. The molecule has 0 saturated carbocycles. The molecule has 1 fully saturated rings. The van der Waals surface area contributed by atoms with E-state index in [9.17, 15) is 0 Å². The molecule has 2 aromatic rings. The molecule has 2 heterocycles. The molecule has 0 spiro atoms. The summed E-state index contributed by atoms with van der Waals surface area (Å²) >= 11 is 9.63. The van der Waals surface area contributed by atoms with Crippen molar-refractivity contribution in [1.82, 2.24) is 9.88 Å². The Labute approximate surface area is 127 Å². The second-order valence-electron chi connectivity index (χ2n) is 5.01. The van der Waals surface area contributed by atoms with E-state index in [1.807, 2.05) is 23.9 Å². The van der Waals surface area contributed by atoms with Crippen molar-refractivity contribution < 1.29 is 0 Å². The molecule has 1 aromatic carbocycles. The number of benzene rings is 1. The molecule has 1 saturated heterocycles. The van der Waals surface area contributed by atoms with Gasteiger partial charge in [-0.15, -0.1) is 11.3 Å². The summed E-state index contributed by atoms with van der Waals surface area (Å²) in [6.07, 6.45) is 3.97. The molecule has 5 heteroatoms. The first-order valence-electron chi connectivity index (χ1n) is 6.61. The third-order valence-electron chi connectivity index (χ3n) is 3.68. The van der Waals surface area contributed by atoms with Crippen LogP contribution in [0, 0.1) is 0 Å². The highest BCUT2D eigenvalue weighted by molar-refractivity contribution is 8.01. The summed E-state index contributed by atoms with van der Waals surface area (Å²) in [5, 5.41) is 0.766. The molecule has 0 amide bonds. The summed E-state index contributed by atoms with van der Waals surface area (Å²) in [4.78, 5) is 7.12. The van der Waals surface area contributed by atoms with Crippen molar-refractivity contribution in [1.29, 1.82) is 0 Å². The van der Waals surface area contributed by atoms with Gasteiger partial charge in [0.2, 0.25) is 0 Å². The van der Waals surface area contributed by atoms with E-state index in [1.165, 1.54) is 30.5 Å². The maximum atomic E-state index is 5.99. The van der Waals surface area contributed by atoms with Crippen LogP contribution in [0.3, 0.4) is 0 Å². The van der Waals surface area contributed by atoms with Crippen molar-refractivity contribution in [3.8, 4) is 0 Å². The molecule has 1 aliphatic heterocycles. The summed E-state index contributed by atoms with van der Waals surface area (Å²) in [6.45, 7) is 1.26. The molecule has 0 N–H and O–H groups in total. The molecule has 1 atom stereocenters. The molecule has 19 heavy (non-hydrogen) atoms. The maximum absolute atomic E-state index is 5.99. The fourth-order valence-corrected chi connectivity index (χ4v) is 4.89. The standard InChI is InChI=1S/C14H17ClN2S2/c1-17-7-2-3-11(17)6-8-18-14-16-12-9-10(15)4-5-13(12)19-14/h4-5,9,11H,2-3,6-8H2,1H3. The summed E-state index contributed by atoms with van der Waals surface area (Å²) < 4.78 is 2.39. The monoisotopic (exact) mass is 312 g/mol. The van der Waals surface area contributed by atoms with E-state index in [4.69, 9.17) is 11.6 Å². The minimum atomic E-state index is 0.766. The molecule has 102 valence electrons. The van der Waals surface area contributed by atoms with Gasteiger partial charge in [-0.2, -0.15) is 0 Å². The van der Waals surface area contributed by atoms with Crippen molar-refractivity contribution in [2.75, 3.05) is 19.3 Å². The number of fused-ring (bicyclic) bond motifs is 1. The highest BCUT2D eigenvalue weighted by Gasteiger charge is 2.20. The highest BCUT2D eigenvalue weighted by Crippen LogP contribution is 2.32. The van der Waals surface area contributed by atoms with Crippen LogP contribution >= 0.6 is 34.7 Å². The van der Waals surface area contributed by atoms with Gasteiger partial charge in [0.15, 0.2) is 4.34 Å². The van der Waals surface area contributed by atoms with E-state index in [-0.39, 0.29) is 0 Å². The van der Waals surface area contributed by atoms with Gasteiger partial charge in [-0.3, -0.25) is 0 Å². The summed E-state index contributed by atoms with van der Waals surface area (Å²) in [7, 11) is 2.24. The molecule has 0 aliphatic carbocycles. The summed E-state index contributed by atoms with van der Waals surface area (Å²) in [6, 6.07) is 6.72. The van der Waals surface area contributed by atoms with Gasteiger partial charge in [0.1, 0.15) is 0 Å². The first-order chi connectivity index (χ1) is 9.22. The second kappa shape index (κ2) is 6.00. The van der Waals surface area contributed by atoms with Crippen LogP contribution in [0.5, 0.6) is 0 Å². The molecular formula is C14H17ClN2S2. The molecule has 3 rings (SSSR count). The Morgan fingerprint density at radius 1 is 1.53 bits per heavy atom. The van der Waals surface area contributed by atoms with Crippen LogP contribution in [-0.4, -0.2) is 35.3 Å². The average molecular weight is 313 g/mol. The second-order valence-corrected chi connectivity index (χ2v) is 7.81. The minimum Gasteiger partial charge on any atom is -0.303 e. The summed E-state index contributed by atoms with van der Waals surface area (Å²) in [5.41, 5.74) is 1.03. The van der Waals surface area contributed by atoms with Crippen molar-refractivity contribution in [2.24, 2.45) is 0 Å². The average Bonchev–Trinajstić information content (AvgIpc) is 2.95. The normalized spacial score (nSPS) is 20.4. The number of halogens is 1. The van der Waals surface area contributed by atoms with Crippen molar-refractivity contribution in [3.63, 3.8) is 0 Å². The van der Waals surface area contributed by atoms with Crippen molar-refractivity contribution in [2.45, 2.75) is 29.6 Å². The topological polar surface area (TPSA) is 16.1 Å². The van der Waals surface area contributed by atoms with Gasteiger partial charge in [-0.1, -0.05) is 23.4 Å². The number of rotatable bonds is 4.